The van der Waals surface area contributed by atoms with Crippen molar-refractivity contribution in [2.24, 2.45) is 0 Å². The summed E-state index contributed by atoms with van der Waals surface area (Å²) >= 11 is 6.32. The van der Waals surface area contributed by atoms with Crippen molar-refractivity contribution in [3.05, 3.63) is 64.4 Å². The normalized spacial score (nSPS) is 11.7. The van der Waals surface area contributed by atoms with Gasteiger partial charge in [0.05, 0.1) is 6.20 Å². The van der Waals surface area contributed by atoms with Crippen molar-refractivity contribution in [1.82, 2.24) is 20.3 Å². The third-order valence-corrected chi connectivity index (χ3v) is 6.13. The van der Waals surface area contributed by atoms with E-state index in [1.165, 1.54) is 6.20 Å². The summed E-state index contributed by atoms with van der Waals surface area (Å²) in [5.41, 5.74) is 3.02. The Morgan fingerprint density at radius 2 is 2.00 bits per heavy atom. The highest BCUT2D eigenvalue weighted by Crippen LogP contribution is 2.25. The van der Waals surface area contributed by atoms with Gasteiger partial charge < -0.3 is 16.0 Å². The van der Waals surface area contributed by atoms with Crippen LogP contribution in [0.1, 0.15) is 35.3 Å². The van der Waals surface area contributed by atoms with Crippen LogP contribution in [0.4, 0.5) is 23.3 Å². The summed E-state index contributed by atoms with van der Waals surface area (Å²) in [6.07, 6.45) is 4.75. The van der Waals surface area contributed by atoms with E-state index in [4.69, 9.17) is 11.6 Å². The molecule has 3 aromatic rings. The Kier molecular flexibility index (Phi) is 8.41. The van der Waals surface area contributed by atoms with Crippen LogP contribution in [0, 0.1) is 6.92 Å². The van der Waals surface area contributed by atoms with E-state index in [9.17, 15) is 9.00 Å². The van der Waals surface area contributed by atoms with Gasteiger partial charge in [-0.15, -0.1) is 0 Å². The number of halogens is 1. The zero-order valence-corrected chi connectivity index (χ0v) is 21.3. The lowest BCUT2D eigenvalue weighted by Crippen LogP contribution is -2.30. The van der Waals surface area contributed by atoms with Gasteiger partial charge in [0.15, 0.2) is 5.82 Å². The number of anilines is 4. The number of aromatic nitrogens is 3. The smallest absolute Gasteiger partial charge is 0.251 e. The molecule has 1 aromatic carbocycles. The number of carbonyl (C=O) groups is 1. The Morgan fingerprint density at radius 3 is 2.71 bits per heavy atom. The van der Waals surface area contributed by atoms with Crippen LogP contribution < -0.4 is 20.3 Å². The third-order valence-electron chi connectivity index (χ3n) is 4.91. The van der Waals surface area contributed by atoms with Crippen LogP contribution in [0.3, 0.4) is 0 Å². The minimum absolute atomic E-state index is 0.0379. The summed E-state index contributed by atoms with van der Waals surface area (Å²) in [7, 11) is 0.513. The molecule has 1 amide bonds. The topological polar surface area (TPSA) is 112 Å². The Hall–Kier alpha value is -3.24. The zero-order chi connectivity index (χ0) is 24.8. The largest absolute Gasteiger partial charge is 0.364 e. The summed E-state index contributed by atoms with van der Waals surface area (Å²) in [6, 6.07) is 9.15. The standard InChI is InChI=1S/C23H28ClN7O2S/c1-14(2)28-22(32)16-9-8-15(3)19(11-16)29-23-27-13-18(24)20(30-23)26-12-17-7-6-10-25-21(17)31(4)34(5)33/h6-11,13-14H,12H2,1-5H3,(H,28,32)(H2,26,27,29,30). The molecule has 2 aromatic heterocycles. The molecule has 3 rings (SSSR count). The molecule has 2 heterocycles. The number of amides is 1. The van der Waals surface area contributed by atoms with Crippen LogP contribution in [0.15, 0.2) is 42.7 Å². The third kappa shape index (κ3) is 6.42. The van der Waals surface area contributed by atoms with Gasteiger partial charge in [-0.05, 0) is 44.5 Å². The van der Waals surface area contributed by atoms with Crippen molar-refractivity contribution in [3.63, 3.8) is 0 Å². The second-order valence-electron chi connectivity index (χ2n) is 7.93. The summed E-state index contributed by atoms with van der Waals surface area (Å²) in [5.74, 6) is 1.21. The lowest BCUT2D eigenvalue weighted by Gasteiger charge is -2.18. The van der Waals surface area contributed by atoms with E-state index in [-0.39, 0.29) is 11.9 Å². The molecule has 180 valence electrons. The Labute approximate surface area is 207 Å². The van der Waals surface area contributed by atoms with Gasteiger partial charge in [0.25, 0.3) is 5.91 Å². The molecule has 3 N–H and O–H groups in total. The highest BCUT2D eigenvalue weighted by atomic mass is 35.5. The molecule has 11 heteroatoms. The first kappa shape index (κ1) is 25.4. The Balaban J connectivity index is 1.79. The van der Waals surface area contributed by atoms with Crippen LogP contribution in [0.25, 0.3) is 0 Å². The molecule has 0 aliphatic carbocycles. The molecule has 0 radical (unpaired) electrons. The predicted octanol–water partition coefficient (Wildman–Crippen LogP) is 4.06. The van der Waals surface area contributed by atoms with Crippen LogP contribution >= 0.6 is 11.6 Å². The number of hydrogen-bond acceptors (Lipinski definition) is 7. The Morgan fingerprint density at radius 1 is 1.24 bits per heavy atom. The average Bonchev–Trinajstić information content (AvgIpc) is 2.80. The quantitative estimate of drug-likeness (QED) is 0.405. The van der Waals surface area contributed by atoms with Crippen molar-refractivity contribution in [1.29, 1.82) is 0 Å². The zero-order valence-electron chi connectivity index (χ0n) is 19.7. The monoisotopic (exact) mass is 501 g/mol. The van der Waals surface area contributed by atoms with Gasteiger partial charge >= 0.3 is 0 Å². The summed E-state index contributed by atoms with van der Waals surface area (Å²) < 4.78 is 13.5. The molecule has 0 saturated carbocycles. The van der Waals surface area contributed by atoms with Crippen molar-refractivity contribution in [2.75, 3.05) is 28.2 Å². The fourth-order valence-electron chi connectivity index (χ4n) is 3.07. The van der Waals surface area contributed by atoms with Gasteiger partial charge in [-0.3, -0.25) is 9.10 Å². The molecule has 34 heavy (non-hydrogen) atoms. The van der Waals surface area contributed by atoms with Crippen molar-refractivity contribution in [2.45, 2.75) is 33.4 Å². The average molecular weight is 502 g/mol. The molecule has 0 spiro atoms. The molecule has 0 aliphatic rings. The van der Waals surface area contributed by atoms with Crippen molar-refractivity contribution < 1.29 is 9.00 Å². The maximum Gasteiger partial charge on any atom is 0.251 e. The van der Waals surface area contributed by atoms with E-state index in [0.29, 0.717) is 40.4 Å². The van der Waals surface area contributed by atoms with Gasteiger partial charge in [-0.25, -0.2) is 14.2 Å². The van der Waals surface area contributed by atoms with Crippen LogP contribution in [0.2, 0.25) is 5.02 Å². The van der Waals surface area contributed by atoms with Crippen molar-refractivity contribution in [3.8, 4) is 0 Å². The number of benzene rings is 1. The first-order chi connectivity index (χ1) is 16.2. The maximum absolute atomic E-state index is 12.4. The van der Waals surface area contributed by atoms with Crippen molar-refractivity contribution >= 4 is 51.8 Å². The number of hydrogen-bond donors (Lipinski definition) is 3. The van der Waals surface area contributed by atoms with Crippen LogP contribution in [0.5, 0.6) is 0 Å². The highest BCUT2D eigenvalue weighted by molar-refractivity contribution is 7.85. The number of carbonyl (C=O) groups excluding carboxylic acids is 1. The van der Waals surface area contributed by atoms with Gasteiger partial charge in [0, 0.05) is 48.9 Å². The molecule has 0 aliphatic heterocycles. The SMILES string of the molecule is Cc1ccc(C(=O)NC(C)C)cc1Nc1ncc(Cl)c(NCc2cccnc2N(C)S(C)=O)n1. The maximum atomic E-state index is 12.4. The number of pyridine rings is 1. The fraction of sp³-hybridized carbons (Fsp3) is 0.304. The fourth-order valence-corrected chi connectivity index (χ4v) is 3.63. The molecule has 1 unspecified atom stereocenters. The van der Waals surface area contributed by atoms with E-state index in [1.807, 2.05) is 39.0 Å². The molecule has 1 atom stereocenters. The number of nitrogens with zero attached hydrogens (tertiary/aromatic N) is 4. The summed E-state index contributed by atoms with van der Waals surface area (Å²) in [5, 5.41) is 9.61. The van der Waals surface area contributed by atoms with Gasteiger partial charge in [-0.2, -0.15) is 4.98 Å². The van der Waals surface area contributed by atoms with Gasteiger partial charge in [-0.1, -0.05) is 23.7 Å². The highest BCUT2D eigenvalue weighted by Gasteiger charge is 2.14. The summed E-state index contributed by atoms with van der Waals surface area (Å²) in [6.45, 7) is 6.12. The molecule has 0 saturated heterocycles. The molecule has 0 bridgehead atoms. The minimum Gasteiger partial charge on any atom is -0.364 e. The molecular weight excluding hydrogens is 474 g/mol. The first-order valence-corrected chi connectivity index (χ1v) is 12.5. The second kappa shape index (κ2) is 11.3. The van der Waals surface area contributed by atoms with E-state index in [0.717, 1.165) is 11.1 Å². The minimum atomic E-state index is -1.21. The molecule has 0 fully saturated rings. The van der Waals surface area contributed by atoms with Gasteiger partial charge in [0.2, 0.25) is 5.95 Å². The predicted molar refractivity (Wildman–Crippen MR) is 138 cm³/mol. The molecule has 9 nitrogen and oxygen atoms in total. The van der Waals surface area contributed by atoms with Crippen LogP contribution in [-0.4, -0.2) is 44.4 Å². The van der Waals surface area contributed by atoms with E-state index < -0.39 is 11.0 Å². The Bertz CT molecular complexity index is 1210. The number of aryl methyl sites for hydroxylation is 1. The lowest BCUT2D eigenvalue weighted by molar-refractivity contribution is 0.0943. The first-order valence-electron chi connectivity index (χ1n) is 10.6. The molecular formula is C23H28ClN7O2S. The van der Waals surface area contributed by atoms with E-state index >= 15 is 0 Å². The van der Waals surface area contributed by atoms with E-state index in [1.54, 1.807) is 35.9 Å². The van der Waals surface area contributed by atoms with Crippen LogP contribution in [-0.2, 0) is 17.5 Å². The number of nitrogens with one attached hydrogen (secondary N) is 3. The second-order valence-corrected chi connectivity index (χ2v) is 9.74. The van der Waals surface area contributed by atoms with Gasteiger partial charge in [0.1, 0.15) is 21.8 Å². The number of rotatable bonds is 9. The van der Waals surface area contributed by atoms with E-state index in [2.05, 4.69) is 30.9 Å². The summed E-state index contributed by atoms with van der Waals surface area (Å²) in [4.78, 5) is 25.5. The lowest BCUT2D eigenvalue weighted by atomic mass is 10.1.